The maximum Gasteiger partial charge on any atom is 0.221 e. The number of carbonyl (C=O) groups excluding carboxylic acids is 2. The average molecular weight is 368 g/mol. The molecule has 142 valence electrons. The Bertz CT molecular complexity index is 779. The number of piperidine rings is 1. The molecule has 0 saturated carbocycles. The van der Waals surface area contributed by atoms with E-state index in [2.05, 4.69) is 10.2 Å². The highest BCUT2D eigenvalue weighted by molar-refractivity contribution is 5.98. The molecule has 1 amide bonds. The van der Waals surface area contributed by atoms with Crippen LogP contribution in [0.25, 0.3) is 0 Å². The predicted octanol–water partition coefficient (Wildman–Crippen LogP) is 3.92. The van der Waals surface area contributed by atoms with Crippen molar-refractivity contribution in [3.05, 3.63) is 65.5 Å². The Labute approximate surface area is 159 Å². The monoisotopic (exact) mass is 368 g/mol. The maximum absolute atomic E-state index is 13.0. The molecule has 3 rings (SSSR count). The number of ketones is 1. The molecular weight excluding hydrogens is 343 g/mol. The Hall–Kier alpha value is -2.53. The van der Waals surface area contributed by atoms with E-state index in [0.717, 1.165) is 44.5 Å². The zero-order chi connectivity index (χ0) is 19.2. The van der Waals surface area contributed by atoms with Crippen molar-refractivity contribution in [1.82, 2.24) is 4.90 Å². The van der Waals surface area contributed by atoms with Crippen LogP contribution >= 0.6 is 0 Å². The van der Waals surface area contributed by atoms with E-state index in [4.69, 9.17) is 0 Å². The molecule has 2 aromatic rings. The lowest BCUT2D eigenvalue weighted by atomic mass is 9.88. The number of hydrogen-bond acceptors (Lipinski definition) is 3. The van der Waals surface area contributed by atoms with Crippen LogP contribution in [0.4, 0.5) is 10.1 Å². The summed E-state index contributed by atoms with van der Waals surface area (Å²) in [5.74, 6) is -0.0912. The number of halogens is 1. The fraction of sp³-hybridized carbons (Fsp3) is 0.364. The van der Waals surface area contributed by atoms with E-state index in [0.29, 0.717) is 11.3 Å². The van der Waals surface area contributed by atoms with Crippen LogP contribution in [0.1, 0.15) is 35.7 Å². The first-order valence-corrected chi connectivity index (χ1v) is 9.40. The minimum Gasteiger partial charge on any atom is -0.326 e. The molecule has 1 fully saturated rings. The van der Waals surface area contributed by atoms with Gasteiger partial charge in [0.15, 0.2) is 5.78 Å². The second kappa shape index (κ2) is 8.91. The van der Waals surface area contributed by atoms with Crippen molar-refractivity contribution < 1.29 is 14.0 Å². The number of likely N-dealkylation sites (tertiary alicyclic amines) is 1. The Morgan fingerprint density at radius 3 is 2.26 bits per heavy atom. The van der Waals surface area contributed by atoms with Gasteiger partial charge in [0, 0.05) is 30.6 Å². The molecule has 4 nitrogen and oxygen atoms in total. The van der Waals surface area contributed by atoms with Crippen molar-refractivity contribution >= 4 is 17.4 Å². The van der Waals surface area contributed by atoms with E-state index in [1.165, 1.54) is 19.1 Å². The van der Waals surface area contributed by atoms with E-state index >= 15 is 0 Å². The molecule has 0 radical (unpaired) electrons. The van der Waals surface area contributed by atoms with Crippen LogP contribution in [-0.4, -0.2) is 36.2 Å². The number of rotatable bonds is 6. The van der Waals surface area contributed by atoms with E-state index in [1.807, 2.05) is 12.1 Å². The summed E-state index contributed by atoms with van der Waals surface area (Å²) in [5, 5.41) is 2.71. The molecule has 0 aromatic heterocycles. The Kier molecular flexibility index (Phi) is 6.35. The lowest BCUT2D eigenvalue weighted by Crippen LogP contribution is -2.37. The third-order valence-electron chi connectivity index (χ3n) is 5.08. The van der Waals surface area contributed by atoms with Gasteiger partial charge in [0.05, 0.1) is 0 Å². The highest BCUT2D eigenvalue weighted by Gasteiger charge is 2.25. The molecule has 0 aliphatic carbocycles. The molecule has 5 heteroatoms. The highest BCUT2D eigenvalue weighted by Crippen LogP contribution is 2.23. The smallest absolute Gasteiger partial charge is 0.221 e. The Morgan fingerprint density at radius 1 is 1.04 bits per heavy atom. The Morgan fingerprint density at radius 2 is 1.67 bits per heavy atom. The number of Topliss-reactive ketones (excluding diaryl/α,β-unsaturated/α-hetero) is 1. The van der Waals surface area contributed by atoms with Gasteiger partial charge in [-0.15, -0.1) is 0 Å². The largest absolute Gasteiger partial charge is 0.326 e. The molecular formula is C22H25FN2O2. The first-order chi connectivity index (χ1) is 13.0. The predicted molar refractivity (Wildman–Crippen MR) is 104 cm³/mol. The van der Waals surface area contributed by atoms with Gasteiger partial charge in [-0.1, -0.05) is 12.1 Å². The number of nitrogens with one attached hydrogen (secondary N) is 1. The number of hydrogen-bond donors (Lipinski definition) is 1. The molecule has 1 saturated heterocycles. The summed E-state index contributed by atoms with van der Waals surface area (Å²) >= 11 is 0. The van der Waals surface area contributed by atoms with Gasteiger partial charge in [0.25, 0.3) is 0 Å². The van der Waals surface area contributed by atoms with Crippen LogP contribution in [0.5, 0.6) is 0 Å². The molecule has 0 bridgehead atoms. The molecule has 1 N–H and O–H groups in total. The first kappa shape index (κ1) is 19.2. The van der Waals surface area contributed by atoms with E-state index in [9.17, 15) is 14.0 Å². The molecule has 1 aliphatic heterocycles. The SMILES string of the molecule is CC(=O)Nc1ccc(C(=O)C2CCN(CCc3ccc(F)cc3)CC2)cc1. The minimum absolute atomic E-state index is 0.0543. The summed E-state index contributed by atoms with van der Waals surface area (Å²) in [5.41, 5.74) is 2.54. The van der Waals surface area contributed by atoms with Gasteiger partial charge in [-0.05, 0) is 74.3 Å². The van der Waals surface area contributed by atoms with Crippen molar-refractivity contribution in [1.29, 1.82) is 0 Å². The molecule has 0 atom stereocenters. The van der Waals surface area contributed by atoms with Gasteiger partial charge >= 0.3 is 0 Å². The summed E-state index contributed by atoms with van der Waals surface area (Å²) in [4.78, 5) is 26.1. The number of nitrogens with zero attached hydrogens (tertiary/aromatic N) is 1. The van der Waals surface area contributed by atoms with E-state index in [-0.39, 0.29) is 23.4 Å². The summed E-state index contributed by atoms with van der Waals surface area (Å²) in [7, 11) is 0. The van der Waals surface area contributed by atoms with Crippen molar-refractivity contribution in [3.63, 3.8) is 0 Å². The van der Waals surface area contributed by atoms with Crippen LogP contribution < -0.4 is 5.32 Å². The second-order valence-electron chi connectivity index (χ2n) is 7.12. The fourth-order valence-electron chi connectivity index (χ4n) is 3.51. The van der Waals surface area contributed by atoms with Gasteiger partial charge in [-0.25, -0.2) is 4.39 Å². The quantitative estimate of drug-likeness (QED) is 0.786. The van der Waals surface area contributed by atoms with Gasteiger partial charge in [-0.2, -0.15) is 0 Å². The lowest BCUT2D eigenvalue weighted by molar-refractivity contribution is -0.114. The zero-order valence-electron chi connectivity index (χ0n) is 15.6. The average Bonchev–Trinajstić information content (AvgIpc) is 2.67. The molecule has 0 unspecified atom stereocenters. The maximum atomic E-state index is 13.0. The summed E-state index contributed by atoms with van der Waals surface area (Å²) in [6, 6.07) is 13.8. The van der Waals surface area contributed by atoms with Crippen LogP contribution in [0.2, 0.25) is 0 Å². The number of carbonyl (C=O) groups is 2. The molecule has 0 spiro atoms. The normalized spacial score (nSPS) is 15.5. The number of amides is 1. The summed E-state index contributed by atoms with van der Waals surface area (Å²) < 4.78 is 13.0. The minimum atomic E-state index is -0.205. The molecule has 1 aliphatic rings. The van der Waals surface area contributed by atoms with Crippen molar-refractivity contribution in [2.45, 2.75) is 26.2 Å². The molecule has 1 heterocycles. The third kappa shape index (κ3) is 5.47. The highest BCUT2D eigenvalue weighted by atomic mass is 19.1. The van der Waals surface area contributed by atoms with Gasteiger partial charge < -0.3 is 10.2 Å². The number of anilines is 1. The standard InChI is InChI=1S/C22H25FN2O2/c1-16(26)24-21-8-4-18(5-9-21)22(27)19-11-14-25(15-12-19)13-10-17-2-6-20(23)7-3-17/h2-9,19H,10-15H2,1H3,(H,24,26). The second-order valence-corrected chi connectivity index (χ2v) is 7.12. The number of benzene rings is 2. The molecule has 2 aromatic carbocycles. The van der Waals surface area contributed by atoms with Gasteiger partial charge in [-0.3, -0.25) is 9.59 Å². The third-order valence-corrected chi connectivity index (χ3v) is 5.08. The van der Waals surface area contributed by atoms with Crippen LogP contribution in [-0.2, 0) is 11.2 Å². The summed E-state index contributed by atoms with van der Waals surface area (Å²) in [6.07, 6.45) is 2.61. The van der Waals surface area contributed by atoms with Crippen molar-refractivity contribution in [2.75, 3.05) is 25.0 Å². The van der Waals surface area contributed by atoms with Crippen LogP contribution in [0.15, 0.2) is 48.5 Å². The van der Waals surface area contributed by atoms with Crippen molar-refractivity contribution in [2.24, 2.45) is 5.92 Å². The van der Waals surface area contributed by atoms with E-state index < -0.39 is 0 Å². The van der Waals surface area contributed by atoms with Crippen LogP contribution in [0, 0.1) is 11.7 Å². The molecule has 27 heavy (non-hydrogen) atoms. The zero-order valence-corrected chi connectivity index (χ0v) is 15.6. The topological polar surface area (TPSA) is 49.4 Å². The summed E-state index contributed by atoms with van der Waals surface area (Å²) in [6.45, 7) is 4.20. The van der Waals surface area contributed by atoms with E-state index in [1.54, 1.807) is 24.3 Å². The Balaban J connectivity index is 1.47. The van der Waals surface area contributed by atoms with Crippen LogP contribution in [0.3, 0.4) is 0 Å². The first-order valence-electron chi connectivity index (χ1n) is 9.40. The van der Waals surface area contributed by atoms with Crippen molar-refractivity contribution in [3.8, 4) is 0 Å². The fourth-order valence-corrected chi connectivity index (χ4v) is 3.51. The lowest BCUT2D eigenvalue weighted by Gasteiger charge is -2.31. The van der Waals surface area contributed by atoms with Gasteiger partial charge in [0.2, 0.25) is 5.91 Å². The van der Waals surface area contributed by atoms with Gasteiger partial charge in [0.1, 0.15) is 5.82 Å².